The van der Waals surface area contributed by atoms with Crippen LogP contribution in [0.5, 0.6) is 0 Å². The number of nitrogens with zero attached hydrogens (tertiary/aromatic N) is 1. The Bertz CT molecular complexity index is 416. The highest BCUT2D eigenvalue weighted by Gasteiger charge is 2.34. The van der Waals surface area contributed by atoms with Crippen LogP contribution >= 0.6 is 12.1 Å². The first kappa shape index (κ1) is 14.4. The minimum Gasteiger partial charge on any atom is -0.310 e. The first-order valence-electron chi connectivity index (χ1n) is 6.59. The first-order chi connectivity index (χ1) is 9.16. The Hall–Kier alpha value is -1.04. The van der Waals surface area contributed by atoms with Crippen LogP contribution in [0.2, 0.25) is 0 Å². The SMILES string of the molecule is CNC1(c2ccccc2)CCN(SNC(C)=O)CC1. The molecule has 2 rings (SSSR count). The third-order valence-electron chi connectivity index (χ3n) is 3.70. The highest BCUT2D eigenvalue weighted by molar-refractivity contribution is 7.95. The molecule has 0 aliphatic carbocycles. The lowest BCUT2D eigenvalue weighted by atomic mass is 9.82. The van der Waals surface area contributed by atoms with Gasteiger partial charge in [0.2, 0.25) is 5.91 Å². The van der Waals surface area contributed by atoms with Crippen molar-refractivity contribution < 1.29 is 4.79 Å². The van der Waals surface area contributed by atoms with Gasteiger partial charge in [-0.3, -0.25) is 9.52 Å². The predicted molar refractivity (Wildman–Crippen MR) is 79.4 cm³/mol. The molecule has 1 aromatic carbocycles. The van der Waals surface area contributed by atoms with Crippen molar-refractivity contribution in [3.63, 3.8) is 0 Å². The molecular weight excluding hydrogens is 258 g/mol. The van der Waals surface area contributed by atoms with Crippen LogP contribution < -0.4 is 10.0 Å². The van der Waals surface area contributed by atoms with E-state index in [1.165, 1.54) is 17.7 Å². The fraction of sp³-hybridized carbons (Fsp3) is 0.500. The van der Waals surface area contributed by atoms with Gasteiger partial charge in [-0.1, -0.05) is 30.3 Å². The van der Waals surface area contributed by atoms with Crippen LogP contribution in [-0.2, 0) is 10.3 Å². The minimum atomic E-state index is -0.00138. The molecule has 2 N–H and O–H groups in total. The van der Waals surface area contributed by atoms with Gasteiger partial charge >= 0.3 is 0 Å². The molecule has 5 heteroatoms. The summed E-state index contributed by atoms with van der Waals surface area (Å²) in [5, 5.41) is 3.50. The van der Waals surface area contributed by atoms with Gasteiger partial charge in [-0.05, 0) is 25.5 Å². The smallest absolute Gasteiger partial charge is 0.227 e. The van der Waals surface area contributed by atoms with E-state index in [1.54, 1.807) is 6.92 Å². The molecule has 0 spiro atoms. The van der Waals surface area contributed by atoms with Crippen molar-refractivity contribution in [3.05, 3.63) is 35.9 Å². The molecular formula is C14H21N3OS. The second-order valence-corrected chi connectivity index (χ2v) is 5.78. The van der Waals surface area contributed by atoms with Crippen molar-refractivity contribution in [2.45, 2.75) is 25.3 Å². The zero-order chi connectivity index (χ0) is 13.7. The Morgan fingerprint density at radius 1 is 1.26 bits per heavy atom. The summed E-state index contributed by atoms with van der Waals surface area (Å²) in [5.41, 5.74) is 1.41. The normalized spacial score (nSPS) is 19.1. The van der Waals surface area contributed by atoms with Crippen molar-refractivity contribution in [2.24, 2.45) is 0 Å². The van der Waals surface area contributed by atoms with Crippen LogP contribution in [-0.4, -0.2) is 30.3 Å². The van der Waals surface area contributed by atoms with Gasteiger partial charge in [0.25, 0.3) is 0 Å². The van der Waals surface area contributed by atoms with Crippen LogP contribution in [0, 0.1) is 0 Å². The van der Waals surface area contributed by atoms with Gasteiger partial charge in [0, 0.05) is 37.7 Å². The molecule has 0 saturated carbocycles. The predicted octanol–water partition coefficient (Wildman–Crippen LogP) is 1.90. The highest BCUT2D eigenvalue weighted by Crippen LogP contribution is 2.33. The summed E-state index contributed by atoms with van der Waals surface area (Å²) in [5.74, 6) is -0.00138. The lowest BCUT2D eigenvalue weighted by Gasteiger charge is -2.41. The Balaban J connectivity index is 1.98. The number of benzene rings is 1. The number of carbonyl (C=O) groups excluding carboxylic acids is 1. The van der Waals surface area contributed by atoms with Gasteiger partial charge in [0.05, 0.1) is 0 Å². The molecule has 0 bridgehead atoms. The average Bonchev–Trinajstić information content (AvgIpc) is 2.46. The summed E-state index contributed by atoms with van der Waals surface area (Å²) in [6.45, 7) is 3.46. The van der Waals surface area contributed by atoms with Crippen LogP contribution in [0.4, 0.5) is 0 Å². The standard InChI is InChI=1S/C14H21N3OS/c1-12(18)16-19-17-10-8-14(15-2,9-11-17)13-6-4-3-5-7-13/h3-7,15H,8-11H2,1-2H3,(H,16,18). The number of piperidine rings is 1. The second-order valence-electron chi connectivity index (χ2n) is 4.88. The van der Waals surface area contributed by atoms with Crippen molar-refractivity contribution in [3.8, 4) is 0 Å². The van der Waals surface area contributed by atoms with Crippen molar-refractivity contribution in [1.82, 2.24) is 14.3 Å². The Morgan fingerprint density at radius 2 is 1.89 bits per heavy atom. The van der Waals surface area contributed by atoms with Crippen LogP contribution in [0.3, 0.4) is 0 Å². The van der Waals surface area contributed by atoms with E-state index < -0.39 is 0 Å². The number of hydrogen-bond donors (Lipinski definition) is 2. The number of rotatable bonds is 4. The molecule has 4 nitrogen and oxygen atoms in total. The third kappa shape index (κ3) is 3.49. The molecule has 0 atom stereocenters. The van der Waals surface area contributed by atoms with Gasteiger partial charge in [-0.15, -0.1) is 0 Å². The summed E-state index contributed by atoms with van der Waals surface area (Å²) in [7, 11) is 2.03. The topological polar surface area (TPSA) is 44.4 Å². The van der Waals surface area contributed by atoms with Crippen molar-refractivity contribution >= 4 is 18.0 Å². The molecule has 1 aliphatic rings. The summed E-state index contributed by atoms with van der Waals surface area (Å²) < 4.78 is 4.99. The molecule has 1 aliphatic heterocycles. The molecule has 104 valence electrons. The molecule has 1 amide bonds. The van der Waals surface area contributed by atoms with Crippen molar-refractivity contribution in [2.75, 3.05) is 20.1 Å². The molecule has 0 radical (unpaired) electrons. The Morgan fingerprint density at radius 3 is 2.42 bits per heavy atom. The Labute approximate surface area is 119 Å². The van der Waals surface area contributed by atoms with Gasteiger partial charge in [-0.25, -0.2) is 4.31 Å². The van der Waals surface area contributed by atoms with E-state index in [2.05, 4.69) is 44.7 Å². The second kappa shape index (κ2) is 6.41. The maximum absolute atomic E-state index is 10.9. The summed E-state index contributed by atoms with van der Waals surface area (Å²) in [6, 6.07) is 10.6. The fourth-order valence-corrected chi connectivity index (χ4v) is 3.15. The third-order valence-corrected chi connectivity index (χ3v) is 4.70. The molecule has 0 aromatic heterocycles. The molecule has 1 aromatic rings. The quantitative estimate of drug-likeness (QED) is 0.826. The van der Waals surface area contributed by atoms with Crippen LogP contribution in [0.25, 0.3) is 0 Å². The highest BCUT2D eigenvalue weighted by atomic mass is 32.2. The maximum atomic E-state index is 10.9. The van der Waals surface area contributed by atoms with E-state index in [0.29, 0.717) is 0 Å². The van der Waals surface area contributed by atoms with Crippen LogP contribution in [0.1, 0.15) is 25.3 Å². The van der Waals surface area contributed by atoms with Gasteiger partial charge in [0.15, 0.2) is 0 Å². The lowest BCUT2D eigenvalue weighted by Crippen LogP contribution is -2.48. The largest absolute Gasteiger partial charge is 0.310 e. The first-order valence-corrected chi connectivity index (χ1v) is 7.36. The van der Waals surface area contributed by atoms with Gasteiger partial charge < -0.3 is 5.32 Å². The summed E-state index contributed by atoms with van der Waals surface area (Å²) >= 11 is 1.42. The van der Waals surface area contributed by atoms with E-state index in [9.17, 15) is 4.79 Å². The Kier molecular flexibility index (Phi) is 4.85. The number of carbonyl (C=O) groups is 1. The average molecular weight is 279 g/mol. The van der Waals surface area contributed by atoms with E-state index in [4.69, 9.17) is 0 Å². The van der Waals surface area contributed by atoms with E-state index >= 15 is 0 Å². The minimum absolute atomic E-state index is 0.00138. The summed E-state index contributed by atoms with van der Waals surface area (Å²) in [4.78, 5) is 10.9. The number of hydrogen-bond acceptors (Lipinski definition) is 4. The van der Waals surface area contributed by atoms with E-state index in [0.717, 1.165) is 25.9 Å². The molecule has 19 heavy (non-hydrogen) atoms. The molecule has 1 heterocycles. The van der Waals surface area contributed by atoms with E-state index in [1.807, 2.05) is 7.05 Å². The molecule has 1 fully saturated rings. The zero-order valence-corrected chi connectivity index (χ0v) is 12.3. The van der Waals surface area contributed by atoms with E-state index in [-0.39, 0.29) is 11.4 Å². The van der Waals surface area contributed by atoms with Crippen molar-refractivity contribution in [1.29, 1.82) is 0 Å². The van der Waals surface area contributed by atoms with Gasteiger partial charge in [-0.2, -0.15) is 0 Å². The lowest BCUT2D eigenvalue weighted by molar-refractivity contribution is -0.117. The fourth-order valence-electron chi connectivity index (χ4n) is 2.53. The van der Waals surface area contributed by atoms with Crippen LogP contribution in [0.15, 0.2) is 30.3 Å². The van der Waals surface area contributed by atoms with Gasteiger partial charge in [0.1, 0.15) is 0 Å². The number of nitrogens with one attached hydrogen (secondary N) is 2. The zero-order valence-electron chi connectivity index (χ0n) is 11.5. The maximum Gasteiger partial charge on any atom is 0.227 e. The number of amides is 1. The summed E-state index contributed by atoms with van der Waals surface area (Å²) in [6.07, 6.45) is 2.08. The molecule has 1 saturated heterocycles. The molecule has 0 unspecified atom stereocenters. The monoisotopic (exact) mass is 279 g/mol.